The maximum absolute atomic E-state index is 13.6. The van der Waals surface area contributed by atoms with Gasteiger partial charge in [0.1, 0.15) is 15.9 Å². The van der Waals surface area contributed by atoms with Crippen molar-refractivity contribution in [2.45, 2.75) is 13.8 Å². The molecule has 0 aliphatic carbocycles. The van der Waals surface area contributed by atoms with E-state index < -0.39 is 5.82 Å². The molecule has 0 aromatic carbocycles. The third kappa shape index (κ3) is 2.72. The average Bonchev–Trinajstić information content (AvgIpc) is 2.31. The molecule has 0 aliphatic rings. The van der Waals surface area contributed by atoms with Gasteiger partial charge in [-0.25, -0.2) is 14.4 Å². The molecule has 0 fully saturated rings. The quantitative estimate of drug-likeness (QED) is 0.813. The van der Waals surface area contributed by atoms with E-state index in [0.717, 1.165) is 0 Å². The zero-order chi connectivity index (χ0) is 12.4. The molecular formula is C12H12BrFN2O. The average molecular weight is 299 g/mol. The lowest BCUT2D eigenvalue weighted by molar-refractivity contribution is 0.270. The van der Waals surface area contributed by atoms with Gasteiger partial charge in [-0.3, -0.25) is 0 Å². The fourth-order valence-corrected chi connectivity index (χ4v) is 1.80. The lowest BCUT2D eigenvalue weighted by atomic mass is 10.2. The molecule has 2 rings (SSSR count). The van der Waals surface area contributed by atoms with Crippen molar-refractivity contribution in [2.75, 3.05) is 6.61 Å². The van der Waals surface area contributed by atoms with Gasteiger partial charge in [0.05, 0.1) is 19.0 Å². The highest BCUT2D eigenvalue weighted by Crippen LogP contribution is 2.25. The van der Waals surface area contributed by atoms with E-state index in [-0.39, 0.29) is 0 Å². The summed E-state index contributed by atoms with van der Waals surface area (Å²) in [5, 5.41) is 0.410. The molecule has 90 valence electrons. The van der Waals surface area contributed by atoms with E-state index >= 15 is 0 Å². The molecule has 2 heterocycles. The monoisotopic (exact) mass is 298 g/mol. The van der Waals surface area contributed by atoms with Gasteiger partial charge >= 0.3 is 0 Å². The van der Waals surface area contributed by atoms with Crippen LogP contribution in [0.15, 0.2) is 23.1 Å². The van der Waals surface area contributed by atoms with Gasteiger partial charge in [0, 0.05) is 5.39 Å². The van der Waals surface area contributed by atoms with Crippen LogP contribution in [0.1, 0.15) is 13.8 Å². The Morgan fingerprint density at radius 1 is 1.35 bits per heavy atom. The molecule has 5 heteroatoms. The molecule has 2 aromatic rings. The number of nitrogens with zero attached hydrogens (tertiary/aromatic N) is 2. The predicted octanol–water partition coefficient (Wildman–Crippen LogP) is 3.57. The fourth-order valence-electron chi connectivity index (χ4n) is 1.38. The van der Waals surface area contributed by atoms with Gasteiger partial charge in [-0.15, -0.1) is 0 Å². The van der Waals surface area contributed by atoms with E-state index in [1.165, 1.54) is 6.20 Å². The Morgan fingerprint density at radius 2 is 2.12 bits per heavy atom. The highest BCUT2D eigenvalue weighted by molar-refractivity contribution is 9.10. The minimum Gasteiger partial charge on any atom is -0.492 e. The molecule has 0 radical (unpaired) electrons. The topological polar surface area (TPSA) is 35.0 Å². The first-order valence-electron chi connectivity index (χ1n) is 5.30. The Bertz CT molecular complexity index is 545. The number of halogens is 2. The van der Waals surface area contributed by atoms with E-state index in [2.05, 4.69) is 39.7 Å². The number of fused-ring (bicyclic) bond motifs is 1. The molecule has 2 aromatic heterocycles. The lowest BCUT2D eigenvalue weighted by Gasteiger charge is -2.09. The first-order valence-corrected chi connectivity index (χ1v) is 6.10. The van der Waals surface area contributed by atoms with Crippen LogP contribution in [0.25, 0.3) is 10.9 Å². The van der Waals surface area contributed by atoms with Crippen LogP contribution in [-0.4, -0.2) is 16.6 Å². The maximum Gasteiger partial charge on any atom is 0.151 e. The molecule has 0 N–H and O–H groups in total. The molecule has 0 saturated heterocycles. The summed E-state index contributed by atoms with van der Waals surface area (Å²) < 4.78 is 19.6. The summed E-state index contributed by atoms with van der Waals surface area (Å²) in [6, 6.07) is 1.65. The summed E-state index contributed by atoms with van der Waals surface area (Å²) in [5.41, 5.74) is 0.502. The molecule has 17 heavy (non-hydrogen) atoms. The van der Waals surface area contributed by atoms with Gasteiger partial charge in [-0.2, -0.15) is 0 Å². The summed E-state index contributed by atoms with van der Waals surface area (Å²) in [5.74, 6) is 0.591. The highest BCUT2D eigenvalue weighted by atomic mass is 79.9. The van der Waals surface area contributed by atoms with Crippen LogP contribution in [0.3, 0.4) is 0 Å². The van der Waals surface area contributed by atoms with Gasteiger partial charge in [-0.05, 0) is 27.9 Å². The van der Waals surface area contributed by atoms with Crippen LogP contribution >= 0.6 is 15.9 Å². The van der Waals surface area contributed by atoms with Crippen molar-refractivity contribution in [3.8, 4) is 5.75 Å². The van der Waals surface area contributed by atoms with Crippen molar-refractivity contribution in [1.29, 1.82) is 0 Å². The number of ether oxygens (including phenoxy) is 1. The number of hydrogen-bond donors (Lipinski definition) is 0. The van der Waals surface area contributed by atoms with Crippen molar-refractivity contribution in [2.24, 2.45) is 5.92 Å². The van der Waals surface area contributed by atoms with E-state index in [0.29, 0.717) is 33.8 Å². The van der Waals surface area contributed by atoms with Crippen LogP contribution in [0, 0.1) is 11.7 Å². The summed E-state index contributed by atoms with van der Waals surface area (Å²) in [7, 11) is 0. The summed E-state index contributed by atoms with van der Waals surface area (Å²) in [6.45, 7) is 4.69. The Hall–Kier alpha value is -1.23. The van der Waals surface area contributed by atoms with Gasteiger partial charge in [-0.1, -0.05) is 13.8 Å². The molecule has 3 nitrogen and oxygen atoms in total. The zero-order valence-corrected chi connectivity index (χ0v) is 11.2. The molecule has 0 amide bonds. The molecule has 0 spiro atoms. The Kier molecular flexibility index (Phi) is 3.57. The molecule has 0 atom stereocenters. The van der Waals surface area contributed by atoms with E-state index in [9.17, 15) is 4.39 Å². The van der Waals surface area contributed by atoms with Crippen LogP contribution < -0.4 is 4.74 Å². The van der Waals surface area contributed by atoms with Crippen molar-refractivity contribution in [3.05, 3.63) is 28.9 Å². The van der Waals surface area contributed by atoms with E-state index in [1.54, 1.807) is 12.3 Å². The molecular weight excluding hydrogens is 287 g/mol. The van der Waals surface area contributed by atoms with Crippen molar-refractivity contribution >= 4 is 26.8 Å². The predicted molar refractivity (Wildman–Crippen MR) is 67.5 cm³/mol. The minimum absolute atomic E-state index is 0.398. The third-order valence-corrected chi connectivity index (χ3v) is 2.77. The van der Waals surface area contributed by atoms with Crippen LogP contribution in [-0.2, 0) is 0 Å². The minimum atomic E-state index is -0.398. The van der Waals surface area contributed by atoms with Crippen molar-refractivity contribution in [1.82, 2.24) is 9.97 Å². The largest absolute Gasteiger partial charge is 0.492 e. The fraction of sp³-hybridized carbons (Fsp3) is 0.333. The normalized spacial score (nSPS) is 11.1. The van der Waals surface area contributed by atoms with Crippen LogP contribution in [0.2, 0.25) is 0 Å². The Labute approximate surface area is 107 Å². The lowest BCUT2D eigenvalue weighted by Crippen LogP contribution is -2.04. The first kappa shape index (κ1) is 12.2. The second kappa shape index (κ2) is 4.96. The molecule has 0 bridgehead atoms. The van der Waals surface area contributed by atoms with E-state index in [4.69, 9.17) is 4.74 Å². The van der Waals surface area contributed by atoms with Crippen LogP contribution in [0.4, 0.5) is 4.39 Å². The first-order chi connectivity index (χ1) is 8.08. The van der Waals surface area contributed by atoms with Crippen molar-refractivity contribution in [3.63, 3.8) is 0 Å². The van der Waals surface area contributed by atoms with Gasteiger partial charge in [0.25, 0.3) is 0 Å². The molecule has 0 saturated carbocycles. The number of rotatable bonds is 3. The Balaban J connectivity index is 2.39. The van der Waals surface area contributed by atoms with Crippen LogP contribution in [0.5, 0.6) is 5.75 Å². The molecule has 0 unspecified atom stereocenters. The van der Waals surface area contributed by atoms with Gasteiger partial charge < -0.3 is 4.74 Å². The number of hydrogen-bond acceptors (Lipinski definition) is 3. The zero-order valence-electron chi connectivity index (χ0n) is 9.58. The standard InChI is InChI=1S/C12H12BrFN2O/c1-7(2)6-17-8-3-9-10(14)5-16-12(13)11(9)15-4-8/h3-5,7H,6H2,1-2H3. The van der Waals surface area contributed by atoms with E-state index in [1.807, 2.05) is 0 Å². The number of pyridine rings is 2. The smallest absolute Gasteiger partial charge is 0.151 e. The molecule has 0 aliphatic heterocycles. The third-order valence-electron chi connectivity index (χ3n) is 2.19. The maximum atomic E-state index is 13.6. The second-order valence-corrected chi connectivity index (χ2v) is 4.92. The van der Waals surface area contributed by atoms with Gasteiger partial charge in [0.15, 0.2) is 5.82 Å². The SMILES string of the molecule is CC(C)COc1cnc2c(Br)ncc(F)c2c1. The van der Waals surface area contributed by atoms with Crippen molar-refractivity contribution < 1.29 is 9.13 Å². The van der Waals surface area contributed by atoms with Gasteiger partial charge in [0.2, 0.25) is 0 Å². The summed E-state index contributed by atoms with van der Waals surface area (Å²) in [6.07, 6.45) is 2.75. The Morgan fingerprint density at radius 3 is 2.82 bits per heavy atom. The summed E-state index contributed by atoms with van der Waals surface area (Å²) >= 11 is 3.24. The summed E-state index contributed by atoms with van der Waals surface area (Å²) in [4.78, 5) is 7.99. The second-order valence-electron chi connectivity index (χ2n) is 4.17. The number of aromatic nitrogens is 2. The highest BCUT2D eigenvalue weighted by Gasteiger charge is 2.08.